The van der Waals surface area contributed by atoms with Crippen LogP contribution in [0.1, 0.15) is 19.9 Å². The van der Waals surface area contributed by atoms with Crippen LogP contribution in [0.2, 0.25) is 5.02 Å². The SMILES string of the molecule is CC(C)n1c(-c2ccc(N)c(Br)c2)nc2cc(Cl)ccc21. The van der Waals surface area contributed by atoms with Crippen molar-refractivity contribution >= 4 is 44.3 Å². The fraction of sp³-hybridized carbons (Fsp3) is 0.188. The van der Waals surface area contributed by atoms with Gasteiger partial charge in [0.05, 0.1) is 11.0 Å². The molecule has 0 unspecified atom stereocenters. The van der Waals surface area contributed by atoms with Gasteiger partial charge in [-0.15, -0.1) is 0 Å². The third kappa shape index (κ3) is 2.54. The van der Waals surface area contributed by atoms with Crippen molar-refractivity contribution in [1.29, 1.82) is 0 Å². The van der Waals surface area contributed by atoms with Crippen molar-refractivity contribution < 1.29 is 0 Å². The number of nitrogens with two attached hydrogens (primary N) is 1. The van der Waals surface area contributed by atoms with Gasteiger partial charge in [0.1, 0.15) is 5.82 Å². The molecule has 0 aliphatic heterocycles. The molecule has 3 aromatic rings. The molecule has 0 atom stereocenters. The number of hydrogen-bond acceptors (Lipinski definition) is 2. The van der Waals surface area contributed by atoms with E-state index in [4.69, 9.17) is 22.3 Å². The summed E-state index contributed by atoms with van der Waals surface area (Å²) in [5, 5.41) is 0.695. The van der Waals surface area contributed by atoms with Crippen LogP contribution in [-0.2, 0) is 0 Å². The lowest BCUT2D eigenvalue weighted by Crippen LogP contribution is -2.03. The van der Waals surface area contributed by atoms with Gasteiger partial charge in [-0.05, 0) is 66.2 Å². The summed E-state index contributed by atoms with van der Waals surface area (Å²) in [7, 11) is 0. The summed E-state index contributed by atoms with van der Waals surface area (Å²) in [5.41, 5.74) is 9.59. The first-order chi connectivity index (χ1) is 9.97. The average Bonchev–Trinajstić information content (AvgIpc) is 2.80. The number of rotatable bonds is 2. The van der Waals surface area contributed by atoms with Gasteiger partial charge in [0, 0.05) is 26.8 Å². The van der Waals surface area contributed by atoms with Crippen LogP contribution in [-0.4, -0.2) is 9.55 Å². The molecule has 2 aromatic carbocycles. The van der Waals surface area contributed by atoms with Crippen LogP contribution in [0.15, 0.2) is 40.9 Å². The summed E-state index contributed by atoms with van der Waals surface area (Å²) in [5.74, 6) is 0.919. The molecule has 0 saturated carbocycles. The van der Waals surface area contributed by atoms with Crippen LogP contribution in [0.5, 0.6) is 0 Å². The Hall–Kier alpha value is -1.52. The van der Waals surface area contributed by atoms with Gasteiger partial charge >= 0.3 is 0 Å². The molecule has 3 nitrogen and oxygen atoms in total. The Labute approximate surface area is 136 Å². The number of benzene rings is 2. The summed E-state index contributed by atoms with van der Waals surface area (Å²) in [6.45, 7) is 4.29. The maximum Gasteiger partial charge on any atom is 0.141 e. The van der Waals surface area contributed by atoms with E-state index < -0.39 is 0 Å². The molecule has 0 aliphatic carbocycles. The van der Waals surface area contributed by atoms with Crippen molar-refractivity contribution in [3.8, 4) is 11.4 Å². The van der Waals surface area contributed by atoms with Crippen molar-refractivity contribution in [1.82, 2.24) is 9.55 Å². The topological polar surface area (TPSA) is 43.8 Å². The lowest BCUT2D eigenvalue weighted by Gasteiger charge is -2.13. The molecule has 21 heavy (non-hydrogen) atoms. The Morgan fingerprint density at radius 3 is 2.62 bits per heavy atom. The zero-order valence-electron chi connectivity index (χ0n) is 11.8. The number of nitrogen functional groups attached to an aromatic ring is 1. The molecule has 0 fully saturated rings. The molecule has 5 heteroatoms. The summed E-state index contributed by atoms with van der Waals surface area (Å²) >= 11 is 9.56. The number of halogens is 2. The third-order valence-electron chi connectivity index (χ3n) is 3.43. The Morgan fingerprint density at radius 1 is 1.19 bits per heavy atom. The molecule has 0 bridgehead atoms. The Morgan fingerprint density at radius 2 is 1.95 bits per heavy atom. The molecule has 1 heterocycles. The summed E-state index contributed by atoms with van der Waals surface area (Å²) in [6.07, 6.45) is 0. The molecule has 2 N–H and O–H groups in total. The van der Waals surface area contributed by atoms with Gasteiger partial charge in [0.2, 0.25) is 0 Å². The molecule has 0 saturated heterocycles. The van der Waals surface area contributed by atoms with Crippen molar-refractivity contribution in [3.05, 3.63) is 45.9 Å². The monoisotopic (exact) mass is 363 g/mol. The minimum Gasteiger partial charge on any atom is -0.398 e. The predicted octanol–water partition coefficient (Wildman–Crippen LogP) is 5.28. The van der Waals surface area contributed by atoms with Crippen LogP contribution in [0, 0.1) is 0 Å². The Balaban J connectivity index is 2.30. The average molecular weight is 365 g/mol. The van der Waals surface area contributed by atoms with E-state index in [1.807, 2.05) is 36.4 Å². The van der Waals surface area contributed by atoms with E-state index in [-0.39, 0.29) is 0 Å². The number of nitrogens with zero attached hydrogens (tertiary/aromatic N) is 2. The highest BCUT2D eigenvalue weighted by atomic mass is 79.9. The van der Waals surface area contributed by atoms with Crippen LogP contribution in [0.4, 0.5) is 5.69 Å². The zero-order valence-corrected chi connectivity index (χ0v) is 14.1. The first-order valence-electron chi connectivity index (χ1n) is 6.70. The highest BCUT2D eigenvalue weighted by Crippen LogP contribution is 2.32. The third-order valence-corrected chi connectivity index (χ3v) is 4.35. The zero-order chi connectivity index (χ0) is 15.1. The van der Waals surface area contributed by atoms with E-state index in [0.29, 0.717) is 16.8 Å². The van der Waals surface area contributed by atoms with Crippen LogP contribution in [0.25, 0.3) is 22.4 Å². The number of imidazole rings is 1. The van der Waals surface area contributed by atoms with Crippen molar-refractivity contribution in [2.24, 2.45) is 0 Å². The lowest BCUT2D eigenvalue weighted by molar-refractivity contribution is 0.624. The van der Waals surface area contributed by atoms with Crippen molar-refractivity contribution in [2.75, 3.05) is 5.73 Å². The maximum absolute atomic E-state index is 6.08. The predicted molar refractivity (Wildman–Crippen MR) is 92.7 cm³/mol. The van der Waals surface area contributed by atoms with Crippen LogP contribution in [0.3, 0.4) is 0 Å². The summed E-state index contributed by atoms with van der Waals surface area (Å²) in [4.78, 5) is 4.75. The van der Waals surface area contributed by atoms with Gasteiger partial charge in [-0.1, -0.05) is 11.6 Å². The van der Waals surface area contributed by atoms with E-state index in [1.165, 1.54) is 0 Å². The second kappa shape index (κ2) is 5.35. The minimum atomic E-state index is 0.294. The second-order valence-corrected chi connectivity index (χ2v) is 6.56. The van der Waals surface area contributed by atoms with E-state index in [1.54, 1.807) is 0 Å². The van der Waals surface area contributed by atoms with E-state index >= 15 is 0 Å². The summed E-state index contributed by atoms with van der Waals surface area (Å²) in [6, 6.07) is 12.0. The van der Waals surface area contributed by atoms with Gasteiger partial charge in [0.15, 0.2) is 0 Å². The molecule has 0 amide bonds. The molecule has 0 aliphatic rings. The maximum atomic E-state index is 6.08. The van der Waals surface area contributed by atoms with Crippen LogP contribution < -0.4 is 5.73 Å². The minimum absolute atomic E-state index is 0.294. The fourth-order valence-corrected chi connectivity index (χ4v) is 3.01. The molecular weight excluding hydrogens is 350 g/mol. The highest BCUT2D eigenvalue weighted by Gasteiger charge is 2.15. The van der Waals surface area contributed by atoms with E-state index in [9.17, 15) is 0 Å². The number of hydrogen-bond donors (Lipinski definition) is 1. The second-order valence-electron chi connectivity index (χ2n) is 5.27. The largest absolute Gasteiger partial charge is 0.398 e. The first kappa shape index (κ1) is 14.4. The number of anilines is 1. The number of aromatic nitrogens is 2. The molecule has 108 valence electrons. The highest BCUT2D eigenvalue weighted by molar-refractivity contribution is 9.10. The van der Waals surface area contributed by atoms with Gasteiger partial charge < -0.3 is 10.3 Å². The molecule has 3 rings (SSSR count). The standard InChI is InChI=1S/C16H15BrClN3/c1-9(2)21-15-6-4-11(18)8-14(15)20-16(21)10-3-5-13(19)12(17)7-10/h3-9H,19H2,1-2H3. The van der Waals surface area contributed by atoms with Gasteiger partial charge in [-0.2, -0.15) is 0 Å². The van der Waals surface area contributed by atoms with E-state index in [2.05, 4.69) is 34.3 Å². The lowest BCUT2D eigenvalue weighted by atomic mass is 10.2. The normalized spacial score (nSPS) is 11.5. The Bertz CT molecular complexity index is 824. The molecule has 0 radical (unpaired) electrons. The van der Waals surface area contributed by atoms with E-state index in [0.717, 1.165) is 26.9 Å². The smallest absolute Gasteiger partial charge is 0.141 e. The first-order valence-corrected chi connectivity index (χ1v) is 7.87. The molecule has 0 spiro atoms. The molecular formula is C16H15BrClN3. The van der Waals surface area contributed by atoms with Gasteiger partial charge in [-0.3, -0.25) is 0 Å². The fourth-order valence-electron chi connectivity index (χ4n) is 2.46. The number of fused-ring (bicyclic) bond motifs is 1. The van der Waals surface area contributed by atoms with Crippen molar-refractivity contribution in [2.45, 2.75) is 19.9 Å². The molecule has 1 aromatic heterocycles. The van der Waals surface area contributed by atoms with Gasteiger partial charge in [-0.25, -0.2) is 4.98 Å². The van der Waals surface area contributed by atoms with Gasteiger partial charge in [0.25, 0.3) is 0 Å². The van der Waals surface area contributed by atoms with Crippen LogP contribution >= 0.6 is 27.5 Å². The quantitative estimate of drug-likeness (QED) is 0.628. The van der Waals surface area contributed by atoms with Crippen molar-refractivity contribution in [3.63, 3.8) is 0 Å². The summed E-state index contributed by atoms with van der Waals surface area (Å²) < 4.78 is 3.09. The Kier molecular flexibility index (Phi) is 3.68.